The molecular formula is C26H30N2O2S. The molecule has 5 heteroatoms. The summed E-state index contributed by atoms with van der Waals surface area (Å²) in [7, 11) is 0. The van der Waals surface area contributed by atoms with Gasteiger partial charge in [-0.05, 0) is 67.8 Å². The van der Waals surface area contributed by atoms with Gasteiger partial charge in [0.2, 0.25) is 5.91 Å². The summed E-state index contributed by atoms with van der Waals surface area (Å²) in [6.07, 6.45) is 1.32. The van der Waals surface area contributed by atoms with Crippen LogP contribution in [0.15, 0.2) is 42.5 Å². The lowest BCUT2D eigenvalue weighted by Crippen LogP contribution is -2.31. The van der Waals surface area contributed by atoms with Crippen LogP contribution in [0.2, 0.25) is 0 Å². The number of nitrogens with zero attached hydrogens (tertiary/aromatic N) is 1. The molecule has 1 fully saturated rings. The lowest BCUT2D eigenvalue weighted by Gasteiger charge is -2.18. The van der Waals surface area contributed by atoms with E-state index in [-0.39, 0.29) is 23.8 Å². The van der Waals surface area contributed by atoms with E-state index in [1.165, 1.54) is 11.1 Å². The Morgan fingerprint density at radius 2 is 1.90 bits per heavy atom. The van der Waals surface area contributed by atoms with Gasteiger partial charge in [0.25, 0.3) is 5.91 Å². The Kier molecular flexibility index (Phi) is 6.15. The molecule has 0 aliphatic carbocycles. The minimum absolute atomic E-state index is 0.00823. The average Bonchev–Trinajstić information content (AvgIpc) is 3.35. The first-order chi connectivity index (χ1) is 14.8. The summed E-state index contributed by atoms with van der Waals surface area (Å²) in [5, 5.41) is 4.20. The zero-order valence-electron chi connectivity index (χ0n) is 18.7. The van der Waals surface area contributed by atoms with Crippen LogP contribution >= 0.6 is 11.3 Å². The SMILES string of the molecule is Cc1ccc(CC(=O)N2CC[C@@H](c3c(C(=O)NC(C)C)sc4ccccc34)C2)cc1C. The molecule has 2 amide bonds. The van der Waals surface area contributed by atoms with E-state index in [1.807, 2.05) is 30.9 Å². The number of carbonyl (C=O) groups excluding carboxylic acids is 2. The van der Waals surface area contributed by atoms with Gasteiger partial charge in [-0.1, -0.05) is 36.4 Å². The normalized spacial score (nSPS) is 16.3. The van der Waals surface area contributed by atoms with E-state index in [2.05, 4.69) is 49.5 Å². The lowest BCUT2D eigenvalue weighted by atomic mass is 9.95. The van der Waals surface area contributed by atoms with Crippen molar-refractivity contribution in [3.05, 3.63) is 69.6 Å². The Labute approximate surface area is 188 Å². The van der Waals surface area contributed by atoms with E-state index in [4.69, 9.17) is 0 Å². The molecule has 1 saturated heterocycles. The number of aryl methyl sites for hydroxylation is 2. The van der Waals surface area contributed by atoms with Gasteiger partial charge in [0.15, 0.2) is 0 Å². The second-order valence-corrected chi connectivity index (χ2v) is 9.94. The molecule has 31 heavy (non-hydrogen) atoms. The highest BCUT2D eigenvalue weighted by Gasteiger charge is 2.32. The smallest absolute Gasteiger partial charge is 0.261 e. The predicted octanol–water partition coefficient (Wildman–Crippen LogP) is 5.21. The first-order valence-corrected chi connectivity index (χ1v) is 11.8. The van der Waals surface area contributed by atoms with Crippen molar-refractivity contribution >= 4 is 33.2 Å². The zero-order valence-corrected chi connectivity index (χ0v) is 19.5. The molecule has 0 radical (unpaired) electrons. The largest absolute Gasteiger partial charge is 0.349 e. The molecule has 1 N–H and O–H groups in total. The summed E-state index contributed by atoms with van der Waals surface area (Å²) >= 11 is 1.56. The standard InChI is InChI=1S/C26H30N2O2S/c1-16(2)27-26(30)25-24(21-7-5-6-8-22(21)31-25)20-11-12-28(15-20)23(29)14-19-10-9-17(3)18(4)13-19/h5-10,13,16,20H,11-12,14-15H2,1-4H3,(H,27,30)/t20-/m1/s1. The first kappa shape index (κ1) is 21.6. The molecule has 1 atom stereocenters. The fraction of sp³-hybridized carbons (Fsp3) is 0.385. The second kappa shape index (κ2) is 8.83. The van der Waals surface area contributed by atoms with E-state index in [9.17, 15) is 9.59 Å². The molecule has 2 aromatic carbocycles. The van der Waals surface area contributed by atoms with Gasteiger partial charge >= 0.3 is 0 Å². The highest BCUT2D eigenvalue weighted by molar-refractivity contribution is 7.21. The summed E-state index contributed by atoms with van der Waals surface area (Å²) in [6, 6.07) is 14.6. The summed E-state index contributed by atoms with van der Waals surface area (Å²) in [6.45, 7) is 9.54. The van der Waals surface area contributed by atoms with Gasteiger partial charge in [0.05, 0.1) is 11.3 Å². The van der Waals surface area contributed by atoms with Crippen molar-refractivity contribution in [3.8, 4) is 0 Å². The molecular weight excluding hydrogens is 404 g/mol. The summed E-state index contributed by atoms with van der Waals surface area (Å²) < 4.78 is 1.13. The van der Waals surface area contributed by atoms with Crippen LogP contribution in [0.4, 0.5) is 0 Å². The Bertz CT molecular complexity index is 1130. The number of thiophene rings is 1. The van der Waals surface area contributed by atoms with E-state index in [0.717, 1.165) is 39.1 Å². The minimum atomic E-state index is -0.00823. The maximum atomic E-state index is 13.0. The molecule has 2 heterocycles. The highest BCUT2D eigenvalue weighted by atomic mass is 32.1. The molecule has 3 aromatic rings. The molecule has 4 rings (SSSR count). The summed E-state index contributed by atoms with van der Waals surface area (Å²) in [5.41, 5.74) is 4.64. The molecule has 4 nitrogen and oxygen atoms in total. The number of hydrogen-bond donors (Lipinski definition) is 1. The van der Waals surface area contributed by atoms with Crippen molar-refractivity contribution in [2.75, 3.05) is 13.1 Å². The van der Waals surface area contributed by atoms with Crippen LogP contribution in [0.3, 0.4) is 0 Å². The maximum absolute atomic E-state index is 13.0. The van der Waals surface area contributed by atoms with E-state index in [0.29, 0.717) is 13.0 Å². The Balaban J connectivity index is 1.56. The van der Waals surface area contributed by atoms with Crippen molar-refractivity contribution in [2.24, 2.45) is 0 Å². The van der Waals surface area contributed by atoms with Crippen molar-refractivity contribution in [1.82, 2.24) is 10.2 Å². The number of nitrogens with one attached hydrogen (secondary N) is 1. The molecule has 1 aliphatic rings. The van der Waals surface area contributed by atoms with E-state index < -0.39 is 0 Å². The van der Waals surface area contributed by atoms with Gasteiger partial charge in [0, 0.05) is 29.7 Å². The van der Waals surface area contributed by atoms with Crippen LogP contribution in [-0.4, -0.2) is 35.8 Å². The molecule has 0 spiro atoms. The topological polar surface area (TPSA) is 49.4 Å². The highest BCUT2D eigenvalue weighted by Crippen LogP contribution is 2.40. The predicted molar refractivity (Wildman–Crippen MR) is 128 cm³/mol. The zero-order chi connectivity index (χ0) is 22.1. The molecule has 1 aromatic heterocycles. The quantitative estimate of drug-likeness (QED) is 0.599. The third-order valence-corrected chi connectivity index (χ3v) is 7.32. The molecule has 0 saturated carbocycles. The third kappa shape index (κ3) is 4.52. The van der Waals surface area contributed by atoms with Gasteiger partial charge in [-0.25, -0.2) is 0 Å². The molecule has 162 valence electrons. The molecule has 0 bridgehead atoms. The molecule has 1 aliphatic heterocycles. The average molecular weight is 435 g/mol. The Hall–Kier alpha value is -2.66. The monoisotopic (exact) mass is 434 g/mol. The fourth-order valence-corrected chi connectivity index (χ4v) is 5.58. The van der Waals surface area contributed by atoms with Crippen molar-refractivity contribution < 1.29 is 9.59 Å². The first-order valence-electron chi connectivity index (χ1n) is 11.0. The number of benzene rings is 2. The van der Waals surface area contributed by atoms with E-state index in [1.54, 1.807) is 11.3 Å². The minimum Gasteiger partial charge on any atom is -0.349 e. The summed E-state index contributed by atoms with van der Waals surface area (Å²) in [4.78, 5) is 28.7. The van der Waals surface area contributed by atoms with Crippen LogP contribution in [-0.2, 0) is 11.2 Å². The van der Waals surface area contributed by atoms with Gasteiger partial charge in [0.1, 0.15) is 0 Å². The number of amides is 2. The maximum Gasteiger partial charge on any atom is 0.261 e. The van der Waals surface area contributed by atoms with E-state index >= 15 is 0 Å². The Morgan fingerprint density at radius 1 is 1.13 bits per heavy atom. The van der Waals surface area contributed by atoms with Crippen molar-refractivity contribution in [2.45, 2.75) is 52.5 Å². The van der Waals surface area contributed by atoms with Crippen molar-refractivity contribution in [3.63, 3.8) is 0 Å². The number of hydrogen-bond acceptors (Lipinski definition) is 3. The number of fused-ring (bicyclic) bond motifs is 1. The number of carbonyl (C=O) groups is 2. The van der Waals surface area contributed by atoms with Gasteiger partial charge < -0.3 is 10.2 Å². The lowest BCUT2D eigenvalue weighted by molar-refractivity contribution is -0.129. The second-order valence-electron chi connectivity index (χ2n) is 8.89. The Morgan fingerprint density at radius 3 is 2.65 bits per heavy atom. The summed E-state index contributed by atoms with van der Waals surface area (Å²) in [5.74, 6) is 0.345. The van der Waals surface area contributed by atoms with Crippen LogP contribution < -0.4 is 5.32 Å². The van der Waals surface area contributed by atoms with Crippen LogP contribution in [0, 0.1) is 13.8 Å². The van der Waals surface area contributed by atoms with Crippen LogP contribution in [0.25, 0.3) is 10.1 Å². The van der Waals surface area contributed by atoms with Crippen molar-refractivity contribution in [1.29, 1.82) is 0 Å². The van der Waals surface area contributed by atoms with Gasteiger partial charge in [-0.15, -0.1) is 11.3 Å². The van der Waals surface area contributed by atoms with Crippen LogP contribution in [0.1, 0.15) is 58.1 Å². The van der Waals surface area contributed by atoms with Gasteiger partial charge in [-0.3, -0.25) is 9.59 Å². The van der Waals surface area contributed by atoms with Gasteiger partial charge in [-0.2, -0.15) is 0 Å². The van der Waals surface area contributed by atoms with Crippen LogP contribution in [0.5, 0.6) is 0 Å². The number of rotatable bonds is 5. The molecule has 0 unspecified atom stereocenters. The number of likely N-dealkylation sites (tertiary alicyclic amines) is 1. The third-order valence-electron chi connectivity index (χ3n) is 6.14. The fourth-order valence-electron chi connectivity index (χ4n) is 4.39.